The largest absolute Gasteiger partial charge is 0.371 e. The maximum atomic E-state index is 11.2. The highest BCUT2D eigenvalue weighted by Gasteiger charge is 2.35. The average Bonchev–Trinajstić information content (AvgIpc) is 2.04. The van der Waals surface area contributed by atoms with Gasteiger partial charge < -0.3 is 9.64 Å². The number of carbonyl (C=O) groups excluding carboxylic acids is 1. The van der Waals surface area contributed by atoms with Crippen molar-refractivity contribution >= 4 is 5.91 Å². The molecule has 0 aromatic rings. The van der Waals surface area contributed by atoms with Crippen molar-refractivity contribution in [1.29, 1.82) is 0 Å². The molecule has 3 heteroatoms. The minimum absolute atomic E-state index is 0.148. The summed E-state index contributed by atoms with van der Waals surface area (Å²) in [6.45, 7) is 10.1. The Morgan fingerprint density at radius 1 is 1.54 bits per heavy atom. The van der Waals surface area contributed by atoms with Crippen LogP contribution in [0.25, 0.3) is 0 Å². The van der Waals surface area contributed by atoms with Crippen molar-refractivity contribution in [2.45, 2.75) is 33.3 Å². The lowest BCUT2D eigenvalue weighted by Crippen LogP contribution is -2.54. The zero-order valence-electron chi connectivity index (χ0n) is 8.96. The van der Waals surface area contributed by atoms with E-state index in [0.717, 1.165) is 13.1 Å². The molecule has 0 N–H and O–H groups in total. The van der Waals surface area contributed by atoms with E-state index in [2.05, 4.69) is 20.8 Å². The van der Waals surface area contributed by atoms with Gasteiger partial charge in [-0.3, -0.25) is 4.79 Å². The van der Waals surface area contributed by atoms with Crippen LogP contribution in [0.2, 0.25) is 0 Å². The second kappa shape index (κ2) is 3.66. The minimum Gasteiger partial charge on any atom is -0.371 e. The van der Waals surface area contributed by atoms with Crippen LogP contribution < -0.4 is 0 Å². The maximum absolute atomic E-state index is 11.2. The molecule has 0 bridgehead atoms. The molecule has 0 aromatic heterocycles. The van der Waals surface area contributed by atoms with E-state index in [1.54, 1.807) is 6.92 Å². The Bertz CT molecular complexity index is 203. The Kier molecular flexibility index (Phi) is 2.96. The van der Waals surface area contributed by atoms with E-state index < -0.39 is 0 Å². The van der Waals surface area contributed by atoms with Gasteiger partial charge in [0.2, 0.25) is 5.91 Å². The molecule has 0 spiro atoms. The van der Waals surface area contributed by atoms with Crippen LogP contribution in [0.3, 0.4) is 0 Å². The quantitative estimate of drug-likeness (QED) is 0.616. The number of hydrogen-bond donors (Lipinski definition) is 0. The highest BCUT2D eigenvalue weighted by molar-refractivity contribution is 5.73. The van der Waals surface area contributed by atoms with Gasteiger partial charge in [-0.25, -0.2) is 0 Å². The third kappa shape index (κ3) is 2.21. The molecule has 76 valence electrons. The van der Waals surface area contributed by atoms with Crippen LogP contribution >= 0.6 is 0 Å². The third-order valence-corrected chi connectivity index (χ3v) is 2.96. The SMILES string of the molecule is CC(=O)N1CCO[C@](C)(C(C)C)C1. The number of hydrogen-bond acceptors (Lipinski definition) is 2. The first-order valence-electron chi connectivity index (χ1n) is 4.85. The van der Waals surface area contributed by atoms with E-state index in [4.69, 9.17) is 4.74 Å². The van der Waals surface area contributed by atoms with E-state index in [-0.39, 0.29) is 11.5 Å². The first kappa shape index (κ1) is 10.5. The summed E-state index contributed by atoms with van der Waals surface area (Å²) in [4.78, 5) is 13.0. The lowest BCUT2D eigenvalue weighted by Gasteiger charge is -2.42. The fourth-order valence-electron chi connectivity index (χ4n) is 1.51. The van der Waals surface area contributed by atoms with E-state index in [1.165, 1.54) is 0 Å². The average molecular weight is 185 g/mol. The molecule has 1 heterocycles. The molecular formula is C10H19NO2. The summed E-state index contributed by atoms with van der Waals surface area (Å²) in [5, 5.41) is 0. The van der Waals surface area contributed by atoms with Crippen molar-refractivity contribution < 1.29 is 9.53 Å². The maximum Gasteiger partial charge on any atom is 0.219 e. The number of carbonyl (C=O) groups is 1. The van der Waals surface area contributed by atoms with Gasteiger partial charge in [0, 0.05) is 20.0 Å². The van der Waals surface area contributed by atoms with Crippen LogP contribution in [-0.2, 0) is 9.53 Å². The van der Waals surface area contributed by atoms with E-state index in [1.807, 2.05) is 4.90 Å². The zero-order valence-corrected chi connectivity index (χ0v) is 8.96. The van der Waals surface area contributed by atoms with Gasteiger partial charge in [0.1, 0.15) is 0 Å². The molecule has 1 amide bonds. The molecule has 1 rings (SSSR count). The van der Waals surface area contributed by atoms with E-state index in [0.29, 0.717) is 12.5 Å². The molecule has 1 fully saturated rings. The van der Waals surface area contributed by atoms with Gasteiger partial charge in [-0.2, -0.15) is 0 Å². The lowest BCUT2D eigenvalue weighted by molar-refractivity contribution is -0.153. The van der Waals surface area contributed by atoms with Gasteiger partial charge in [0.25, 0.3) is 0 Å². The van der Waals surface area contributed by atoms with Gasteiger partial charge in [0.05, 0.1) is 12.2 Å². The number of amides is 1. The minimum atomic E-state index is -0.163. The summed E-state index contributed by atoms with van der Waals surface area (Å²) < 4.78 is 5.71. The first-order chi connectivity index (χ1) is 5.96. The fourth-order valence-corrected chi connectivity index (χ4v) is 1.51. The Labute approximate surface area is 80.1 Å². The van der Waals surface area contributed by atoms with Gasteiger partial charge in [-0.05, 0) is 12.8 Å². The van der Waals surface area contributed by atoms with Crippen molar-refractivity contribution in [3.63, 3.8) is 0 Å². The number of ether oxygens (including phenoxy) is 1. The Morgan fingerprint density at radius 3 is 2.62 bits per heavy atom. The number of morpholine rings is 1. The smallest absolute Gasteiger partial charge is 0.219 e. The van der Waals surface area contributed by atoms with Crippen molar-refractivity contribution in [3.8, 4) is 0 Å². The molecule has 0 saturated carbocycles. The van der Waals surface area contributed by atoms with Gasteiger partial charge in [-0.15, -0.1) is 0 Å². The summed E-state index contributed by atoms with van der Waals surface area (Å²) in [5.74, 6) is 0.588. The summed E-state index contributed by atoms with van der Waals surface area (Å²) >= 11 is 0. The molecule has 0 aromatic carbocycles. The van der Waals surface area contributed by atoms with Crippen LogP contribution in [-0.4, -0.2) is 36.1 Å². The van der Waals surface area contributed by atoms with Crippen molar-refractivity contribution in [1.82, 2.24) is 4.90 Å². The van der Waals surface area contributed by atoms with E-state index >= 15 is 0 Å². The normalized spacial score (nSPS) is 29.5. The number of nitrogens with zero attached hydrogens (tertiary/aromatic N) is 1. The molecule has 3 nitrogen and oxygen atoms in total. The van der Waals surface area contributed by atoms with Gasteiger partial charge in [-0.1, -0.05) is 13.8 Å². The van der Waals surface area contributed by atoms with Crippen molar-refractivity contribution in [2.75, 3.05) is 19.7 Å². The van der Waals surface area contributed by atoms with Crippen LogP contribution in [0.4, 0.5) is 0 Å². The topological polar surface area (TPSA) is 29.5 Å². The fraction of sp³-hybridized carbons (Fsp3) is 0.900. The molecule has 1 atom stereocenters. The van der Waals surface area contributed by atoms with Crippen molar-refractivity contribution in [2.24, 2.45) is 5.92 Å². The van der Waals surface area contributed by atoms with Crippen LogP contribution in [0.15, 0.2) is 0 Å². The Morgan fingerprint density at radius 2 is 2.15 bits per heavy atom. The molecule has 0 aliphatic carbocycles. The monoisotopic (exact) mass is 185 g/mol. The molecular weight excluding hydrogens is 166 g/mol. The highest BCUT2D eigenvalue weighted by atomic mass is 16.5. The van der Waals surface area contributed by atoms with Gasteiger partial charge in [0.15, 0.2) is 0 Å². The third-order valence-electron chi connectivity index (χ3n) is 2.96. The summed E-state index contributed by atoms with van der Waals surface area (Å²) in [7, 11) is 0. The predicted molar refractivity (Wildman–Crippen MR) is 51.4 cm³/mol. The van der Waals surface area contributed by atoms with Crippen molar-refractivity contribution in [3.05, 3.63) is 0 Å². The molecule has 13 heavy (non-hydrogen) atoms. The second-order valence-electron chi connectivity index (χ2n) is 4.26. The number of rotatable bonds is 1. The predicted octanol–water partition coefficient (Wildman–Crippen LogP) is 1.28. The Balaban J connectivity index is 2.65. The molecule has 1 saturated heterocycles. The second-order valence-corrected chi connectivity index (χ2v) is 4.26. The zero-order chi connectivity index (χ0) is 10.1. The first-order valence-corrected chi connectivity index (χ1v) is 4.85. The summed E-state index contributed by atoms with van der Waals surface area (Å²) in [6.07, 6.45) is 0. The standard InChI is InChI=1S/C10H19NO2/c1-8(2)10(4)7-11(9(3)12)5-6-13-10/h8H,5-7H2,1-4H3/t10-/m0/s1. The van der Waals surface area contributed by atoms with Crippen LogP contribution in [0.5, 0.6) is 0 Å². The van der Waals surface area contributed by atoms with E-state index in [9.17, 15) is 4.79 Å². The summed E-state index contributed by atoms with van der Waals surface area (Å²) in [6, 6.07) is 0. The molecule has 0 unspecified atom stereocenters. The summed E-state index contributed by atoms with van der Waals surface area (Å²) in [5.41, 5.74) is -0.163. The van der Waals surface area contributed by atoms with Crippen LogP contribution in [0.1, 0.15) is 27.7 Å². The highest BCUT2D eigenvalue weighted by Crippen LogP contribution is 2.25. The molecule has 0 radical (unpaired) electrons. The van der Waals surface area contributed by atoms with Gasteiger partial charge >= 0.3 is 0 Å². The molecule has 1 aliphatic rings. The lowest BCUT2D eigenvalue weighted by atomic mass is 9.90. The van der Waals surface area contributed by atoms with Crippen LogP contribution in [0, 0.1) is 5.92 Å². The Hall–Kier alpha value is -0.570. The molecule has 1 aliphatic heterocycles.